The van der Waals surface area contributed by atoms with Gasteiger partial charge in [-0.05, 0) is 12.1 Å². The van der Waals surface area contributed by atoms with Crippen LogP contribution in [0.5, 0.6) is 0 Å². The Bertz CT molecular complexity index is 142. The van der Waals surface area contributed by atoms with E-state index in [0.717, 1.165) is 31.3 Å². The molecule has 0 saturated carbocycles. The summed E-state index contributed by atoms with van der Waals surface area (Å²) in [4.78, 5) is 0. The van der Waals surface area contributed by atoms with Crippen molar-refractivity contribution in [2.24, 2.45) is 0 Å². The number of hydrogen-bond acceptors (Lipinski definition) is 1. The third kappa shape index (κ3) is 1.04. The molecule has 0 radical (unpaired) electrons. The SMILES string of the molecule is [SiH3]c1ccc([SiH3])o1. The molecule has 0 N–H and O–H groups in total. The molecule has 0 saturated heterocycles. The molecule has 0 spiro atoms. The van der Waals surface area contributed by atoms with Gasteiger partial charge in [-0.1, -0.05) is 0 Å². The predicted octanol–water partition coefficient (Wildman–Crippen LogP) is -2.74. The molecule has 0 amide bonds. The van der Waals surface area contributed by atoms with Gasteiger partial charge in [-0.3, -0.25) is 0 Å². The molecule has 3 heteroatoms. The summed E-state index contributed by atoms with van der Waals surface area (Å²) in [7, 11) is 2.10. The molecule has 0 bridgehead atoms. The van der Waals surface area contributed by atoms with Crippen LogP contribution in [-0.2, 0) is 0 Å². The van der Waals surface area contributed by atoms with E-state index >= 15 is 0 Å². The highest BCUT2D eigenvalue weighted by molar-refractivity contribution is 6.34. The van der Waals surface area contributed by atoms with Crippen LogP contribution in [0.25, 0.3) is 0 Å². The van der Waals surface area contributed by atoms with Crippen molar-refractivity contribution in [2.75, 3.05) is 0 Å². The molecule has 38 valence electrons. The van der Waals surface area contributed by atoms with Crippen LogP contribution in [0.15, 0.2) is 16.5 Å². The maximum atomic E-state index is 5.21. The Morgan fingerprint density at radius 3 is 1.71 bits per heavy atom. The van der Waals surface area contributed by atoms with Gasteiger partial charge in [0.15, 0.2) is 0 Å². The van der Waals surface area contributed by atoms with E-state index in [0.29, 0.717) is 0 Å². The Kier molecular flexibility index (Phi) is 1.16. The normalized spacial score (nSPS) is 10.3. The summed E-state index contributed by atoms with van der Waals surface area (Å²) in [5.74, 6) is 0. The quantitative estimate of drug-likeness (QED) is 0.346. The second kappa shape index (κ2) is 1.67. The molecule has 1 heterocycles. The van der Waals surface area contributed by atoms with Crippen LogP contribution in [0.4, 0.5) is 0 Å². The van der Waals surface area contributed by atoms with Crippen LogP contribution in [0.2, 0.25) is 0 Å². The molecular formula is C4H8OSi2. The summed E-state index contributed by atoms with van der Waals surface area (Å²) in [5.41, 5.74) is 0. The summed E-state index contributed by atoms with van der Waals surface area (Å²) in [6.45, 7) is 0. The molecular weight excluding hydrogens is 120 g/mol. The Balaban J connectivity index is 3.04. The van der Waals surface area contributed by atoms with E-state index in [2.05, 4.69) is 12.1 Å². The topological polar surface area (TPSA) is 13.1 Å². The number of rotatable bonds is 0. The lowest BCUT2D eigenvalue weighted by Crippen LogP contribution is -2.00. The summed E-state index contributed by atoms with van der Waals surface area (Å²) >= 11 is 0. The molecule has 0 atom stereocenters. The van der Waals surface area contributed by atoms with Crippen molar-refractivity contribution >= 4 is 31.3 Å². The van der Waals surface area contributed by atoms with Crippen molar-refractivity contribution < 1.29 is 4.42 Å². The van der Waals surface area contributed by atoms with Crippen molar-refractivity contribution in [3.63, 3.8) is 0 Å². The van der Waals surface area contributed by atoms with Crippen LogP contribution >= 0.6 is 0 Å². The van der Waals surface area contributed by atoms with Crippen molar-refractivity contribution in [3.8, 4) is 0 Å². The second-order valence-corrected chi connectivity index (χ2v) is 3.63. The number of furan rings is 1. The average molecular weight is 128 g/mol. The number of hydrogen-bond donors (Lipinski definition) is 0. The van der Waals surface area contributed by atoms with Gasteiger partial charge in [-0.25, -0.2) is 0 Å². The fourth-order valence-corrected chi connectivity index (χ4v) is 1.94. The highest BCUT2D eigenvalue weighted by Crippen LogP contribution is 1.71. The molecule has 0 aliphatic heterocycles. The first-order chi connectivity index (χ1) is 3.29. The highest BCUT2D eigenvalue weighted by atomic mass is 28.1. The van der Waals surface area contributed by atoms with E-state index in [1.54, 1.807) is 0 Å². The lowest BCUT2D eigenvalue weighted by molar-refractivity contribution is 0.639. The van der Waals surface area contributed by atoms with Crippen molar-refractivity contribution in [3.05, 3.63) is 12.1 Å². The van der Waals surface area contributed by atoms with Crippen LogP contribution in [-0.4, -0.2) is 20.5 Å². The van der Waals surface area contributed by atoms with Gasteiger partial charge in [0, 0.05) is 0 Å². The summed E-state index contributed by atoms with van der Waals surface area (Å²) < 4.78 is 5.21. The first-order valence-electron chi connectivity index (χ1n) is 2.32. The lowest BCUT2D eigenvalue weighted by Gasteiger charge is -1.76. The minimum Gasteiger partial charge on any atom is -0.479 e. The van der Waals surface area contributed by atoms with E-state index in [9.17, 15) is 0 Å². The van der Waals surface area contributed by atoms with Crippen LogP contribution in [0.3, 0.4) is 0 Å². The highest BCUT2D eigenvalue weighted by Gasteiger charge is 1.85. The van der Waals surface area contributed by atoms with Gasteiger partial charge in [0.25, 0.3) is 0 Å². The Morgan fingerprint density at radius 1 is 1.14 bits per heavy atom. The van der Waals surface area contributed by atoms with Gasteiger partial charge < -0.3 is 4.42 Å². The molecule has 0 fully saturated rings. The zero-order valence-electron chi connectivity index (χ0n) is 4.56. The van der Waals surface area contributed by atoms with Crippen molar-refractivity contribution in [1.29, 1.82) is 0 Å². The monoisotopic (exact) mass is 128 g/mol. The molecule has 1 aromatic rings. The minimum absolute atomic E-state index is 1.05. The van der Waals surface area contributed by atoms with Gasteiger partial charge in [0.05, 0.1) is 31.3 Å². The van der Waals surface area contributed by atoms with Gasteiger partial charge in [-0.15, -0.1) is 0 Å². The van der Waals surface area contributed by atoms with Crippen molar-refractivity contribution in [2.45, 2.75) is 0 Å². The molecule has 0 unspecified atom stereocenters. The van der Waals surface area contributed by atoms with E-state index in [1.165, 1.54) is 0 Å². The fourth-order valence-electron chi connectivity index (χ4n) is 0.557. The summed E-state index contributed by atoms with van der Waals surface area (Å²) in [5, 5.41) is 2.31. The molecule has 0 aliphatic rings. The van der Waals surface area contributed by atoms with E-state index in [4.69, 9.17) is 4.42 Å². The van der Waals surface area contributed by atoms with Crippen LogP contribution in [0.1, 0.15) is 0 Å². The molecule has 1 rings (SSSR count). The minimum atomic E-state index is 1.05. The third-order valence-electron chi connectivity index (χ3n) is 0.875. The Morgan fingerprint density at radius 2 is 1.57 bits per heavy atom. The molecule has 0 aromatic carbocycles. The maximum Gasteiger partial charge on any atom is 0.0841 e. The molecule has 7 heavy (non-hydrogen) atoms. The predicted molar refractivity (Wildman–Crippen MR) is 37.9 cm³/mol. The maximum absolute atomic E-state index is 5.21. The average Bonchev–Trinajstić information content (AvgIpc) is 1.87. The van der Waals surface area contributed by atoms with Gasteiger partial charge in [0.1, 0.15) is 0 Å². The van der Waals surface area contributed by atoms with Gasteiger partial charge >= 0.3 is 0 Å². The molecule has 1 aromatic heterocycles. The lowest BCUT2D eigenvalue weighted by atomic mass is 10.7. The third-order valence-corrected chi connectivity index (χ3v) is 1.95. The first-order valence-corrected chi connectivity index (χ1v) is 4.32. The van der Waals surface area contributed by atoms with Gasteiger partial charge in [0.2, 0.25) is 0 Å². The zero-order valence-corrected chi connectivity index (χ0v) is 8.56. The molecule has 0 aliphatic carbocycles. The largest absolute Gasteiger partial charge is 0.479 e. The van der Waals surface area contributed by atoms with Crippen LogP contribution in [0, 0.1) is 0 Å². The summed E-state index contributed by atoms with van der Waals surface area (Å²) in [6.07, 6.45) is 0. The standard InChI is InChI=1S/C4H8OSi2/c6-3-1-2-4(7)5-3/h1-2H,6-7H3. The second-order valence-electron chi connectivity index (χ2n) is 1.66. The smallest absolute Gasteiger partial charge is 0.0841 e. The molecule has 1 nitrogen and oxygen atoms in total. The van der Waals surface area contributed by atoms with Crippen LogP contribution < -0.4 is 10.8 Å². The first kappa shape index (κ1) is 4.86. The Labute approximate surface area is 48.6 Å². The Hall–Kier alpha value is -0.286. The van der Waals surface area contributed by atoms with E-state index in [1.807, 2.05) is 0 Å². The van der Waals surface area contributed by atoms with Gasteiger partial charge in [-0.2, -0.15) is 0 Å². The zero-order chi connectivity index (χ0) is 5.28. The van der Waals surface area contributed by atoms with E-state index < -0.39 is 0 Å². The fraction of sp³-hybridized carbons (Fsp3) is 0. The summed E-state index contributed by atoms with van der Waals surface area (Å²) in [6, 6.07) is 4.10. The van der Waals surface area contributed by atoms with Crippen molar-refractivity contribution in [1.82, 2.24) is 0 Å². The van der Waals surface area contributed by atoms with E-state index in [-0.39, 0.29) is 0 Å².